The van der Waals surface area contributed by atoms with E-state index >= 15 is 0 Å². The fourth-order valence-corrected chi connectivity index (χ4v) is 2.32. The Morgan fingerprint density at radius 3 is 2.70 bits per heavy atom. The third-order valence-electron chi connectivity index (χ3n) is 3.67. The molecule has 0 aromatic heterocycles. The Bertz CT molecular complexity index is 402. The molecule has 1 aliphatic rings. The lowest BCUT2D eigenvalue weighted by Crippen LogP contribution is -2.46. The molecule has 0 saturated carbocycles. The van der Waals surface area contributed by atoms with Crippen LogP contribution in [0.15, 0.2) is 30.3 Å². The second-order valence-corrected chi connectivity index (χ2v) is 5.30. The van der Waals surface area contributed by atoms with Crippen molar-refractivity contribution in [2.24, 2.45) is 0 Å². The molecule has 4 nitrogen and oxygen atoms in total. The van der Waals surface area contributed by atoms with Crippen LogP contribution in [0.4, 0.5) is 0 Å². The average Bonchev–Trinajstić information content (AvgIpc) is 2.52. The lowest BCUT2D eigenvalue weighted by atomic mass is 10.1. The molecule has 110 valence electrons. The fraction of sp³-hybridized carbons (Fsp3) is 0.562. The Hall–Kier alpha value is -1.39. The van der Waals surface area contributed by atoms with Crippen LogP contribution >= 0.6 is 0 Å². The van der Waals surface area contributed by atoms with Gasteiger partial charge in [-0.05, 0) is 25.3 Å². The molecule has 0 bridgehead atoms. The van der Waals surface area contributed by atoms with Crippen LogP contribution < -0.4 is 5.32 Å². The second-order valence-electron chi connectivity index (χ2n) is 5.30. The van der Waals surface area contributed by atoms with Gasteiger partial charge in [0, 0.05) is 19.1 Å². The van der Waals surface area contributed by atoms with Crippen LogP contribution in [0, 0.1) is 0 Å². The zero-order valence-electron chi connectivity index (χ0n) is 12.2. The van der Waals surface area contributed by atoms with Crippen molar-refractivity contribution >= 4 is 5.91 Å². The molecular weight excluding hydrogens is 252 g/mol. The minimum Gasteiger partial charge on any atom is -0.378 e. The van der Waals surface area contributed by atoms with E-state index in [1.165, 1.54) is 5.56 Å². The van der Waals surface area contributed by atoms with Crippen molar-refractivity contribution in [3.63, 3.8) is 0 Å². The maximum Gasteiger partial charge on any atom is 0.236 e. The van der Waals surface area contributed by atoms with E-state index in [4.69, 9.17) is 4.74 Å². The molecule has 1 amide bonds. The van der Waals surface area contributed by atoms with Gasteiger partial charge in [-0.15, -0.1) is 0 Å². The number of nitrogens with one attached hydrogen (secondary N) is 1. The highest BCUT2D eigenvalue weighted by molar-refractivity contribution is 5.78. The van der Waals surface area contributed by atoms with Crippen molar-refractivity contribution in [3.05, 3.63) is 35.9 Å². The minimum absolute atomic E-state index is 0.180. The summed E-state index contributed by atoms with van der Waals surface area (Å²) in [6, 6.07) is 10.8. The van der Waals surface area contributed by atoms with E-state index in [1.54, 1.807) is 0 Å². The summed E-state index contributed by atoms with van der Waals surface area (Å²) in [5, 5.41) is 3.32. The highest BCUT2D eigenvalue weighted by Crippen LogP contribution is 2.05. The maximum atomic E-state index is 12.0. The van der Waals surface area contributed by atoms with Crippen LogP contribution in [0.5, 0.6) is 0 Å². The largest absolute Gasteiger partial charge is 0.378 e. The van der Waals surface area contributed by atoms with Gasteiger partial charge >= 0.3 is 0 Å². The molecule has 1 aromatic carbocycles. The molecule has 4 heteroatoms. The van der Waals surface area contributed by atoms with E-state index in [9.17, 15) is 4.79 Å². The van der Waals surface area contributed by atoms with Gasteiger partial charge < -0.3 is 15.0 Å². The number of carbonyl (C=O) groups is 1. The van der Waals surface area contributed by atoms with E-state index in [-0.39, 0.29) is 5.91 Å². The topological polar surface area (TPSA) is 41.6 Å². The Balaban J connectivity index is 1.64. The van der Waals surface area contributed by atoms with Crippen LogP contribution in [-0.4, -0.2) is 49.7 Å². The van der Waals surface area contributed by atoms with Crippen molar-refractivity contribution in [2.75, 3.05) is 32.8 Å². The standard InChI is InChI=1S/C16H24N2O2/c1-14(7-8-15-5-3-2-4-6-15)17-13-16(19)18-9-11-20-12-10-18/h2-6,14,17H,7-13H2,1H3. The minimum atomic E-state index is 0.180. The lowest BCUT2D eigenvalue weighted by molar-refractivity contribution is -0.134. The molecule has 1 heterocycles. The Morgan fingerprint density at radius 2 is 2.00 bits per heavy atom. The summed E-state index contributed by atoms with van der Waals surface area (Å²) in [6.45, 7) is 5.33. The molecular formula is C16H24N2O2. The number of morpholine rings is 1. The van der Waals surface area contributed by atoms with Crippen molar-refractivity contribution in [3.8, 4) is 0 Å². The van der Waals surface area contributed by atoms with Crippen molar-refractivity contribution in [1.29, 1.82) is 0 Å². The Labute approximate surface area is 121 Å². The summed E-state index contributed by atoms with van der Waals surface area (Å²) < 4.78 is 5.25. The molecule has 1 saturated heterocycles. The highest BCUT2D eigenvalue weighted by atomic mass is 16.5. The molecule has 0 spiro atoms. The van der Waals surface area contributed by atoms with Crippen LogP contribution in [0.2, 0.25) is 0 Å². The smallest absolute Gasteiger partial charge is 0.236 e. The molecule has 0 radical (unpaired) electrons. The molecule has 1 fully saturated rings. The number of aryl methyl sites for hydroxylation is 1. The fourth-order valence-electron chi connectivity index (χ4n) is 2.32. The molecule has 0 aliphatic carbocycles. The van der Waals surface area contributed by atoms with Gasteiger partial charge in [-0.3, -0.25) is 4.79 Å². The first-order chi connectivity index (χ1) is 9.75. The van der Waals surface area contributed by atoms with Gasteiger partial charge in [0.2, 0.25) is 5.91 Å². The normalized spacial score (nSPS) is 16.9. The molecule has 1 N–H and O–H groups in total. The number of hydrogen-bond acceptors (Lipinski definition) is 3. The van der Waals surface area contributed by atoms with E-state index < -0.39 is 0 Å². The lowest BCUT2D eigenvalue weighted by Gasteiger charge is -2.27. The molecule has 1 unspecified atom stereocenters. The molecule has 1 aromatic rings. The van der Waals surface area contributed by atoms with Gasteiger partial charge in [0.1, 0.15) is 0 Å². The Kier molecular flexibility index (Phi) is 6.02. The van der Waals surface area contributed by atoms with Crippen molar-refractivity contribution in [2.45, 2.75) is 25.8 Å². The maximum absolute atomic E-state index is 12.0. The van der Waals surface area contributed by atoms with Crippen molar-refractivity contribution in [1.82, 2.24) is 10.2 Å². The Morgan fingerprint density at radius 1 is 1.30 bits per heavy atom. The summed E-state index contributed by atoms with van der Waals surface area (Å²) in [6.07, 6.45) is 2.08. The van der Waals surface area contributed by atoms with E-state index in [1.807, 2.05) is 11.0 Å². The summed E-state index contributed by atoms with van der Waals surface area (Å²) in [5.41, 5.74) is 1.35. The first kappa shape index (κ1) is 15.0. The van der Waals surface area contributed by atoms with Gasteiger partial charge in [0.25, 0.3) is 0 Å². The van der Waals surface area contributed by atoms with Crippen LogP contribution in [-0.2, 0) is 16.0 Å². The van der Waals surface area contributed by atoms with Gasteiger partial charge in [-0.25, -0.2) is 0 Å². The summed E-state index contributed by atoms with van der Waals surface area (Å²) in [4.78, 5) is 13.9. The SMILES string of the molecule is CC(CCc1ccccc1)NCC(=O)N1CCOCC1. The number of amides is 1. The van der Waals surface area contributed by atoms with Gasteiger partial charge in [-0.1, -0.05) is 30.3 Å². The van der Waals surface area contributed by atoms with Crippen molar-refractivity contribution < 1.29 is 9.53 Å². The molecule has 1 atom stereocenters. The number of benzene rings is 1. The number of rotatable bonds is 6. The predicted molar refractivity (Wildman–Crippen MR) is 79.6 cm³/mol. The van der Waals surface area contributed by atoms with E-state index in [0.29, 0.717) is 25.8 Å². The predicted octanol–water partition coefficient (Wildman–Crippen LogP) is 1.46. The average molecular weight is 276 g/mol. The van der Waals surface area contributed by atoms with Gasteiger partial charge in [-0.2, -0.15) is 0 Å². The van der Waals surface area contributed by atoms with Gasteiger partial charge in [0.15, 0.2) is 0 Å². The third kappa shape index (κ3) is 4.94. The quantitative estimate of drug-likeness (QED) is 0.855. The molecule has 2 rings (SSSR count). The molecule has 1 aliphatic heterocycles. The first-order valence-electron chi connectivity index (χ1n) is 7.38. The first-order valence-corrected chi connectivity index (χ1v) is 7.38. The summed E-state index contributed by atoms with van der Waals surface area (Å²) in [5.74, 6) is 0.180. The number of hydrogen-bond donors (Lipinski definition) is 1. The molecule has 20 heavy (non-hydrogen) atoms. The number of ether oxygens (including phenoxy) is 1. The van der Waals surface area contributed by atoms with Crippen LogP contribution in [0.1, 0.15) is 18.9 Å². The van der Waals surface area contributed by atoms with E-state index in [0.717, 1.165) is 25.9 Å². The highest BCUT2D eigenvalue weighted by Gasteiger charge is 2.16. The monoisotopic (exact) mass is 276 g/mol. The zero-order chi connectivity index (χ0) is 14.2. The van der Waals surface area contributed by atoms with Crippen LogP contribution in [0.25, 0.3) is 0 Å². The second kappa shape index (κ2) is 8.02. The van der Waals surface area contributed by atoms with Gasteiger partial charge in [0.05, 0.1) is 19.8 Å². The number of nitrogens with zero attached hydrogens (tertiary/aromatic N) is 1. The third-order valence-corrected chi connectivity index (χ3v) is 3.67. The van der Waals surface area contributed by atoms with Crippen LogP contribution in [0.3, 0.4) is 0 Å². The van der Waals surface area contributed by atoms with E-state index in [2.05, 4.69) is 36.5 Å². The zero-order valence-corrected chi connectivity index (χ0v) is 12.2. The summed E-state index contributed by atoms with van der Waals surface area (Å²) >= 11 is 0. The summed E-state index contributed by atoms with van der Waals surface area (Å²) in [7, 11) is 0. The number of carbonyl (C=O) groups excluding carboxylic acids is 1.